The van der Waals surface area contributed by atoms with Crippen molar-refractivity contribution in [2.45, 2.75) is 409 Å². The summed E-state index contributed by atoms with van der Waals surface area (Å²) >= 11 is 1.71. The molecule has 0 atom stereocenters. The van der Waals surface area contributed by atoms with E-state index in [9.17, 15) is 0 Å². The van der Waals surface area contributed by atoms with Gasteiger partial charge in [0.2, 0.25) is 0 Å². The minimum absolute atomic E-state index is 0. The van der Waals surface area contributed by atoms with Crippen LogP contribution in [0.2, 0.25) is 0 Å². The zero-order valence-corrected chi connectivity index (χ0v) is 124. The molecule has 5 aromatic carbocycles. The summed E-state index contributed by atoms with van der Waals surface area (Å²) in [4.78, 5) is 36.9. The number of rotatable bonds is 0. The van der Waals surface area contributed by atoms with Crippen molar-refractivity contribution in [1.29, 1.82) is 0 Å². The smallest absolute Gasteiger partial charge is 0.128 e. The number of aromatic amines is 3. The average molecular weight is 2470 g/mol. The van der Waals surface area contributed by atoms with Gasteiger partial charge in [-0.1, -0.05) is 546 Å². The molecule has 0 aliphatic carbocycles. The van der Waals surface area contributed by atoms with Gasteiger partial charge in [0.15, 0.2) is 0 Å². The van der Waals surface area contributed by atoms with Crippen LogP contribution in [0, 0.1) is 51.0 Å². The quantitative estimate of drug-likeness (QED) is 0.121. The molecular formula is C126H250N15OSY5-5. The van der Waals surface area contributed by atoms with Crippen LogP contribution in [0.15, 0.2) is 334 Å². The molecule has 0 aliphatic rings. The maximum atomic E-state index is 4.58. The summed E-state index contributed by atoms with van der Waals surface area (Å²) in [6.45, 7) is 116. The first-order valence-electron chi connectivity index (χ1n) is 53.0. The summed E-state index contributed by atoms with van der Waals surface area (Å²) in [5, 5.41) is 25.9. The standard InChI is InChI=1S/C10H8.2C9H7N.C7H8.C5H5N.C4H5N3.C4H4N2.C4H4O.C4H4S.2C3H4N2.C2H3N3.28C2H6.CH4.5CH3.5Y/c1-2-6-10-8-4-3-7-9(10)5-1;1-2-6-9-8(4-1)5-3-7-10-9;1-2-4-9-7-10-6-5-8(9)3-1;1-7-5-3-2-4-6-7;1-2-4-6-5-3-1;1-4-6-2-5-3-7-4;1-2-5-4-6-3-1;2*1-2-4-5-3-1;1-2-5-3-4-1;2*1-2-4-5-3-1;28*1-2;;;;;;;;;;;/h1-8H;2*1-7H;2-6H,1H3;1-5H;2-3H,1H3;1-4H;2*1-4H;2*1-3H,(H,4,5);1-2H,(H,3,4,5);28*1-2H3;1H4;5*1H3;;;;;/q;;;;;;;;;;;;;;;;;;;;;;;;;;;;;;;;;;;;;;;;;5*-1;;;;;. The molecule has 22 heteroatoms. The number of aromatic nitrogens is 15. The maximum absolute atomic E-state index is 4.58. The number of H-pyrrole nitrogens is 3. The van der Waals surface area contributed by atoms with E-state index in [2.05, 4.69) is 172 Å². The predicted octanol–water partition coefficient (Wildman–Crippen LogP) is 46.3. The van der Waals surface area contributed by atoms with Gasteiger partial charge >= 0.3 is 0 Å². The first kappa shape index (κ1) is 252. The van der Waals surface area contributed by atoms with Gasteiger partial charge in [0.05, 0.1) is 36.8 Å². The zero-order valence-electron chi connectivity index (χ0n) is 109. The minimum Gasteiger partial charge on any atom is -0.473 e. The molecule has 0 unspecified atom stereocenters. The Bertz CT molecular complexity index is 2890. The second-order valence-corrected chi connectivity index (χ2v) is 16.1. The fourth-order valence-corrected chi connectivity index (χ4v) is 6.08. The third kappa shape index (κ3) is 265. The molecule has 15 rings (SSSR count). The Morgan fingerprint density at radius 1 is 0.223 bits per heavy atom. The fourth-order valence-electron chi connectivity index (χ4n) is 5.62. The molecule has 16 nitrogen and oxygen atoms in total. The number of aryl methyl sites for hydroxylation is 2. The van der Waals surface area contributed by atoms with Crippen molar-refractivity contribution in [2.24, 2.45) is 0 Å². The van der Waals surface area contributed by atoms with E-state index >= 15 is 0 Å². The molecule has 0 spiro atoms. The van der Waals surface area contributed by atoms with Crippen LogP contribution in [-0.4, -0.2) is 75.4 Å². The summed E-state index contributed by atoms with van der Waals surface area (Å²) in [5.41, 5.74) is 2.38. The molecule has 0 fully saturated rings. The maximum Gasteiger partial charge on any atom is 0.128 e. The SMILES string of the molecule is C.CC.CC.CC.CC.CC.CC.CC.CC.CC.CC.CC.CC.CC.CC.CC.CC.CC.CC.CC.CC.CC.CC.CC.CC.CC.CC.CC.CC.Cc1ccccc1.Cc1ncncn1.[CH3-].[CH3-].[CH3-].[CH3-].[CH3-].[Y].[Y].[Y].[Y].[Y].c1c[nH]cn1.c1ccc2ccccc2c1.c1ccc2cnccc2c1.c1ccc2ncccc2c1.c1ccncc1.c1ccoc1.c1ccsc1.c1cn[nH]c1.c1cn[nH]n1.c1cncnc1. The van der Waals surface area contributed by atoms with E-state index in [0.29, 0.717) is 0 Å². The van der Waals surface area contributed by atoms with Crippen LogP contribution in [0.4, 0.5) is 0 Å². The van der Waals surface area contributed by atoms with E-state index in [-0.39, 0.29) is 208 Å². The normalized spacial score (nSPS) is 5.99. The van der Waals surface area contributed by atoms with E-state index in [1.165, 1.54) is 51.5 Å². The van der Waals surface area contributed by atoms with E-state index in [1.54, 1.807) is 98.2 Å². The molecule has 861 valence electrons. The molecule has 3 N–H and O–H groups in total. The Morgan fingerprint density at radius 2 is 0.534 bits per heavy atom. The number of fused-ring (bicyclic) bond motifs is 3. The summed E-state index contributed by atoms with van der Waals surface area (Å²) < 4.78 is 4.58. The number of para-hydroxylation sites is 1. The molecule has 10 aromatic heterocycles. The molecule has 0 amide bonds. The van der Waals surface area contributed by atoms with Crippen LogP contribution in [-0.2, 0) is 164 Å². The van der Waals surface area contributed by atoms with Crippen molar-refractivity contribution in [2.75, 3.05) is 0 Å². The number of nitrogens with one attached hydrogen (secondary N) is 3. The van der Waals surface area contributed by atoms with Gasteiger partial charge in [0.1, 0.15) is 24.8 Å². The van der Waals surface area contributed by atoms with E-state index in [1.807, 2.05) is 533 Å². The zero-order chi connectivity index (χ0) is 113. The molecule has 10 heterocycles. The fraction of sp³-hybridized carbons (Fsp3) is 0.468. The number of imidazole rings is 1. The molecular weight excluding hydrogens is 2220 g/mol. The largest absolute Gasteiger partial charge is 0.473 e. The third-order valence-corrected chi connectivity index (χ3v) is 9.95. The number of pyridine rings is 3. The van der Waals surface area contributed by atoms with Gasteiger partial charge in [0, 0.05) is 237 Å². The van der Waals surface area contributed by atoms with E-state index in [4.69, 9.17) is 0 Å². The van der Waals surface area contributed by atoms with Crippen LogP contribution < -0.4 is 0 Å². The molecule has 0 saturated heterocycles. The van der Waals surface area contributed by atoms with E-state index in [0.717, 1.165) is 11.3 Å². The summed E-state index contributed by atoms with van der Waals surface area (Å²) in [7, 11) is 0. The van der Waals surface area contributed by atoms with Crippen LogP contribution in [0.25, 0.3) is 32.4 Å². The Morgan fingerprint density at radius 3 is 0.723 bits per heavy atom. The van der Waals surface area contributed by atoms with Gasteiger partial charge in [-0.15, -0.1) is 0 Å². The van der Waals surface area contributed by atoms with Crippen molar-refractivity contribution >= 4 is 43.8 Å². The van der Waals surface area contributed by atoms with Crippen LogP contribution in [0.5, 0.6) is 0 Å². The Labute approximate surface area is 1060 Å². The van der Waals surface area contributed by atoms with Crippen LogP contribution in [0.3, 0.4) is 0 Å². The van der Waals surface area contributed by atoms with Crippen molar-refractivity contribution in [3.8, 4) is 0 Å². The Hall–Kier alpha value is -5.52. The first-order valence-corrected chi connectivity index (χ1v) is 53.9. The van der Waals surface area contributed by atoms with Gasteiger partial charge in [-0.05, 0) is 101 Å². The van der Waals surface area contributed by atoms with Gasteiger partial charge in [-0.25, -0.2) is 29.9 Å². The first-order chi connectivity index (χ1) is 68.2. The Balaban J connectivity index is -0.0000000260. The van der Waals surface area contributed by atoms with Gasteiger partial charge in [0.25, 0.3) is 0 Å². The molecule has 0 bridgehead atoms. The second kappa shape index (κ2) is 349. The van der Waals surface area contributed by atoms with Crippen molar-refractivity contribution in [1.82, 2.24) is 75.4 Å². The monoisotopic (exact) mass is 2470 g/mol. The average Bonchev–Trinajstić information content (AvgIpc) is 1.33. The van der Waals surface area contributed by atoms with Crippen LogP contribution >= 0.6 is 11.3 Å². The minimum atomic E-state index is 0. The number of benzene rings is 5. The van der Waals surface area contributed by atoms with Gasteiger partial charge in [-0.2, -0.15) is 31.8 Å². The number of thiophene rings is 1. The number of furan rings is 1. The number of hydrogen-bond acceptors (Lipinski definition) is 14. The van der Waals surface area contributed by atoms with Crippen molar-refractivity contribution in [3.05, 3.63) is 378 Å². The molecule has 148 heavy (non-hydrogen) atoms. The molecule has 0 saturated carbocycles. The van der Waals surface area contributed by atoms with Crippen molar-refractivity contribution < 1.29 is 168 Å². The number of hydrogen-bond donors (Lipinski definition) is 3. The van der Waals surface area contributed by atoms with Gasteiger partial charge < -0.3 is 46.5 Å². The van der Waals surface area contributed by atoms with Crippen molar-refractivity contribution in [3.63, 3.8) is 0 Å². The molecule has 0 aliphatic heterocycles. The summed E-state index contributed by atoms with van der Waals surface area (Å²) in [6.07, 6.45) is 31.8. The summed E-state index contributed by atoms with van der Waals surface area (Å²) in [6, 6.07) is 66.3. The molecule has 5 radical (unpaired) electrons. The molecule has 15 aromatic rings. The third-order valence-electron chi connectivity index (χ3n) is 9.32. The topological polar surface area (TPSA) is 215 Å². The van der Waals surface area contributed by atoms with Gasteiger partial charge in [-0.3, -0.25) is 20.1 Å². The summed E-state index contributed by atoms with van der Waals surface area (Å²) in [5.74, 6) is 0.759. The van der Waals surface area contributed by atoms with Crippen LogP contribution in [0.1, 0.15) is 407 Å². The van der Waals surface area contributed by atoms with E-state index < -0.39 is 0 Å². The number of nitrogens with zero attached hydrogens (tertiary/aromatic N) is 12. The predicted molar refractivity (Wildman–Crippen MR) is 683 cm³/mol. The Kier molecular flexibility index (Phi) is 593. The second-order valence-electron chi connectivity index (χ2n) is 15.3.